The highest BCUT2D eigenvalue weighted by Crippen LogP contribution is 2.47. The van der Waals surface area contributed by atoms with Gasteiger partial charge >= 0.3 is 5.97 Å². The minimum Gasteiger partial charge on any atom is -0.461 e. The van der Waals surface area contributed by atoms with Gasteiger partial charge in [0.2, 0.25) is 0 Å². The second kappa shape index (κ2) is 4.53. The van der Waals surface area contributed by atoms with Gasteiger partial charge in [0, 0.05) is 17.4 Å². The van der Waals surface area contributed by atoms with Gasteiger partial charge in [0.25, 0.3) is 0 Å². The van der Waals surface area contributed by atoms with Crippen LogP contribution in [0.3, 0.4) is 0 Å². The lowest BCUT2D eigenvalue weighted by Crippen LogP contribution is -2.35. The molecule has 0 aromatic rings. The van der Waals surface area contributed by atoms with Gasteiger partial charge < -0.3 is 14.9 Å². The Morgan fingerprint density at radius 1 is 1.40 bits per heavy atom. The van der Waals surface area contributed by atoms with Crippen LogP contribution in [0.4, 0.5) is 0 Å². The van der Waals surface area contributed by atoms with E-state index >= 15 is 0 Å². The molecule has 0 spiro atoms. The van der Waals surface area contributed by atoms with Gasteiger partial charge in [-0.25, -0.2) is 0 Å². The fraction of sp³-hybridized carbons (Fsp3) is 0.600. The van der Waals surface area contributed by atoms with Gasteiger partial charge in [-0.1, -0.05) is 12.5 Å². The molecule has 0 aromatic heterocycles. The molecular weight excluding hydrogens is 260 g/mol. The number of aliphatic hydroxyl groups is 2. The molecule has 3 rings (SSSR count). The Labute approximate surface area is 116 Å². The first kappa shape index (κ1) is 13.5. The van der Waals surface area contributed by atoms with Crippen LogP contribution < -0.4 is 0 Å². The fourth-order valence-corrected chi connectivity index (χ4v) is 3.83. The van der Waals surface area contributed by atoms with Gasteiger partial charge in [0.05, 0.1) is 18.6 Å². The van der Waals surface area contributed by atoms with Crippen molar-refractivity contribution >= 4 is 11.8 Å². The van der Waals surface area contributed by atoms with E-state index in [1.165, 1.54) is 0 Å². The van der Waals surface area contributed by atoms with E-state index in [9.17, 15) is 19.8 Å². The number of esters is 1. The number of carbonyl (C=O) groups is 2. The minimum absolute atomic E-state index is 0.139. The monoisotopic (exact) mass is 278 g/mol. The maximum atomic E-state index is 12.1. The van der Waals surface area contributed by atoms with Crippen molar-refractivity contribution in [1.82, 2.24) is 0 Å². The van der Waals surface area contributed by atoms with Crippen LogP contribution in [-0.4, -0.2) is 40.8 Å². The summed E-state index contributed by atoms with van der Waals surface area (Å²) in [6.45, 7) is 3.32. The number of fused-ring (bicyclic) bond motifs is 3. The van der Waals surface area contributed by atoms with Crippen molar-refractivity contribution in [2.45, 2.75) is 32.5 Å². The van der Waals surface area contributed by atoms with Crippen LogP contribution in [0.1, 0.15) is 20.3 Å². The molecule has 0 saturated carbocycles. The molecule has 5 unspecified atom stereocenters. The zero-order chi connectivity index (χ0) is 14.6. The molecule has 0 amide bonds. The molecule has 0 aromatic carbocycles. The number of hydrogen-bond acceptors (Lipinski definition) is 5. The number of ketones is 1. The summed E-state index contributed by atoms with van der Waals surface area (Å²) >= 11 is 0. The van der Waals surface area contributed by atoms with E-state index < -0.39 is 18.1 Å². The Balaban J connectivity index is 2.12. The van der Waals surface area contributed by atoms with E-state index in [-0.39, 0.29) is 36.6 Å². The number of ether oxygens (including phenoxy) is 1. The average molecular weight is 278 g/mol. The summed E-state index contributed by atoms with van der Waals surface area (Å²) in [5.74, 6) is -1.50. The van der Waals surface area contributed by atoms with E-state index in [0.717, 1.165) is 5.57 Å². The van der Waals surface area contributed by atoms with Crippen LogP contribution in [0, 0.1) is 17.8 Å². The van der Waals surface area contributed by atoms with Gasteiger partial charge in [0.15, 0.2) is 5.78 Å². The van der Waals surface area contributed by atoms with Crippen LogP contribution in [0.5, 0.6) is 0 Å². The Hall–Kier alpha value is -1.46. The first-order valence-corrected chi connectivity index (χ1v) is 6.89. The summed E-state index contributed by atoms with van der Waals surface area (Å²) in [7, 11) is 0. The summed E-state index contributed by atoms with van der Waals surface area (Å²) < 4.78 is 5.45. The molecule has 20 heavy (non-hydrogen) atoms. The highest BCUT2D eigenvalue weighted by Gasteiger charge is 2.54. The molecule has 5 atom stereocenters. The number of rotatable bonds is 1. The first-order valence-electron chi connectivity index (χ1n) is 6.89. The maximum absolute atomic E-state index is 12.1. The molecule has 5 heteroatoms. The third kappa shape index (κ3) is 1.70. The molecule has 0 bridgehead atoms. The second-order valence-electron chi connectivity index (χ2n) is 5.94. The van der Waals surface area contributed by atoms with Crippen molar-refractivity contribution in [2.24, 2.45) is 17.8 Å². The molecule has 5 nitrogen and oxygen atoms in total. The standard InChI is InChI=1S/C15H18O5/c1-6-3-9(17)13-8(5-16)4-10(18)12-7(2)15(19)20-14(12)11(6)13/h3,7,10-12,14,16,18H,4-5H2,1-2H3. The van der Waals surface area contributed by atoms with Crippen molar-refractivity contribution in [3.63, 3.8) is 0 Å². The summed E-state index contributed by atoms with van der Waals surface area (Å²) in [5.41, 5.74) is 1.92. The largest absolute Gasteiger partial charge is 0.461 e. The van der Waals surface area contributed by atoms with Crippen molar-refractivity contribution in [2.75, 3.05) is 6.61 Å². The quantitative estimate of drug-likeness (QED) is 0.677. The number of aliphatic hydroxyl groups excluding tert-OH is 2. The van der Waals surface area contributed by atoms with Crippen molar-refractivity contribution in [3.8, 4) is 0 Å². The molecule has 1 aliphatic heterocycles. The molecule has 2 aliphatic carbocycles. The van der Waals surface area contributed by atoms with Crippen molar-refractivity contribution < 1.29 is 24.5 Å². The van der Waals surface area contributed by atoms with Crippen LogP contribution in [0.15, 0.2) is 22.8 Å². The van der Waals surface area contributed by atoms with E-state index in [1.807, 2.05) is 6.92 Å². The maximum Gasteiger partial charge on any atom is 0.309 e. The van der Waals surface area contributed by atoms with Crippen LogP contribution in [-0.2, 0) is 14.3 Å². The molecule has 108 valence electrons. The third-order valence-electron chi connectivity index (χ3n) is 4.81. The van der Waals surface area contributed by atoms with Crippen LogP contribution >= 0.6 is 0 Å². The normalized spacial score (nSPS) is 40.2. The predicted molar refractivity (Wildman–Crippen MR) is 69.5 cm³/mol. The molecule has 3 aliphatic rings. The van der Waals surface area contributed by atoms with Crippen molar-refractivity contribution in [1.29, 1.82) is 0 Å². The van der Waals surface area contributed by atoms with Gasteiger partial charge in [-0.15, -0.1) is 0 Å². The van der Waals surface area contributed by atoms with E-state index in [0.29, 0.717) is 11.1 Å². The number of carbonyl (C=O) groups excluding carboxylic acids is 2. The molecular formula is C15H18O5. The van der Waals surface area contributed by atoms with E-state index in [1.54, 1.807) is 13.0 Å². The van der Waals surface area contributed by atoms with Crippen LogP contribution in [0.25, 0.3) is 0 Å². The topological polar surface area (TPSA) is 83.8 Å². The van der Waals surface area contributed by atoms with Gasteiger partial charge in [0.1, 0.15) is 6.10 Å². The lowest BCUT2D eigenvalue weighted by molar-refractivity contribution is -0.144. The SMILES string of the molecule is CC1=CC(=O)C2=C(CO)CC(O)C3C(C)C(=O)OC3C12. The zero-order valence-electron chi connectivity index (χ0n) is 11.5. The van der Waals surface area contributed by atoms with Crippen molar-refractivity contribution in [3.05, 3.63) is 22.8 Å². The Morgan fingerprint density at radius 3 is 2.75 bits per heavy atom. The molecule has 1 heterocycles. The third-order valence-corrected chi connectivity index (χ3v) is 4.81. The van der Waals surface area contributed by atoms with Gasteiger partial charge in [-0.2, -0.15) is 0 Å². The summed E-state index contributed by atoms with van der Waals surface area (Å²) in [5, 5.41) is 19.9. The highest BCUT2D eigenvalue weighted by molar-refractivity contribution is 6.09. The van der Waals surface area contributed by atoms with E-state index in [4.69, 9.17) is 4.74 Å². The Kier molecular flexibility index (Phi) is 3.06. The lowest BCUT2D eigenvalue weighted by atomic mass is 9.80. The average Bonchev–Trinajstić information content (AvgIpc) is 2.79. The van der Waals surface area contributed by atoms with E-state index in [2.05, 4.69) is 0 Å². The highest BCUT2D eigenvalue weighted by atomic mass is 16.6. The lowest BCUT2D eigenvalue weighted by Gasteiger charge is -2.26. The second-order valence-corrected chi connectivity index (χ2v) is 5.94. The number of allylic oxidation sites excluding steroid dienone is 1. The summed E-state index contributed by atoms with van der Waals surface area (Å²) in [4.78, 5) is 24.0. The zero-order valence-corrected chi connectivity index (χ0v) is 11.5. The van der Waals surface area contributed by atoms with Gasteiger partial charge in [-0.3, -0.25) is 9.59 Å². The summed E-state index contributed by atoms with van der Waals surface area (Å²) in [6.07, 6.45) is 0.482. The first-order chi connectivity index (χ1) is 9.45. The fourth-order valence-electron chi connectivity index (χ4n) is 3.83. The molecule has 1 fully saturated rings. The molecule has 0 radical (unpaired) electrons. The predicted octanol–water partition coefficient (Wildman–Crippen LogP) is 0.363. The van der Waals surface area contributed by atoms with Gasteiger partial charge in [-0.05, 0) is 25.0 Å². The summed E-state index contributed by atoms with van der Waals surface area (Å²) in [6, 6.07) is 0. The molecule has 2 N–H and O–H groups in total. The smallest absolute Gasteiger partial charge is 0.309 e. The van der Waals surface area contributed by atoms with Crippen LogP contribution in [0.2, 0.25) is 0 Å². The Morgan fingerprint density at radius 2 is 2.10 bits per heavy atom. The molecule has 1 saturated heterocycles. The number of hydrogen-bond donors (Lipinski definition) is 2. The minimum atomic E-state index is -0.776. The Bertz CT molecular complexity index is 544.